The van der Waals surface area contributed by atoms with E-state index in [1.54, 1.807) is 6.07 Å². The number of carbonyl (C=O) groups excluding carboxylic acids is 1. The van der Waals surface area contributed by atoms with Crippen molar-refractivity contribution in [2.75, 3.05) is 5.32 Å². The summed E-state index contributed by atoms with van der Waals surface area (Å²) in [5.41, 5.74) is 4.07. The number of hydrogen-bond donors (Lipinski definition) is 1. The van der Waals surface area contributed by atoms with Crippen molar-refractivity contribution >= 4 is 50.7 Å². The fourth-order valence-corrected chi connectivity index (χ4v) is 3.67. The topological polar surface area (TPSA) is 29.1 Å². The van der Waals surface area contributed by atoms with Gasteiger partial charge in [0.1, 0.15) is 0 Å². The third-order valence-electron chi connectivity index (χ3n) is 3.57. The molecule has 1 amide bonds. The first-order valence-corrected chi connectivity index (χ1v) is 8.24. The lowest BCUT2D eigenvalue weighted by Crippen LogP contribution is -2.19. The van der Waals surface area contributed by atoms with Gasteiger partial charge >= 0.3 is 0 Å². The summed E-state index contributed by atoms with van der Waals surface area (Å²) >= 11 is 16.0. The SMILES string of the molecule is O=C1CCc2cc(C(Br)c3cccc(Cl)c3Cl)ccc2N1. The number of aryl methyl sites for hydroxylation is 1. The molecule has 1 aliphatic rings. The van der Waals surface area contributed by atoms with Crippen LogP contribution in [0.25, 0.3) is 0 Å². The van der Waals surface area contributed by atoms with Crippen LogP contribution in [0.3, 0.4) is 0 Å². The summed E-state index contributed by atoms with van der Waals surface area (Å²) in [6, 6.07) is 11.6. The summed E-state index contributed by atoms with van der Waals surface area (Å²) in [7, 11) is 0. The van der Waals surface area contributed by atoms with E-state index in [1.807, 2.05) is 24.3 Å². The molecule has 0 aromatic heterocycles. The summed E-state index contributed by atoms with van der Waals surface area (Å²) in [5, 5.41) is 3.99. The van der Waals surface area contributed by atoms with Gasteiger partial charge in [-0.1, -0.05) is 63.4 Å². The van der Waals surface area contributed by atoms with Crippen molar-refractivity contribution in [3.8, 4) is 0 Å². The molecule has 21 heavy (non-hydrogen) atoms. The fourth-order valence-electron chi connectivity index (χ4n) is 2.46. The Balaban J connectivity index is 1.97. The molecule has 2 aromatic rings. The second-order valence-corrected chi connectivity index (χ2v) is 6.67. The molecule has 3 rings (SSSR count). The number of carbonyl (C=O) groups is 1. The molecule has 1 atom stereocenters. The Morgan fingerprint density at radius 2 is 1.95 bits per heavy atom. The van der Waals surface area contributed by atoms with E-state index in [0.29, 0.717) is 16.5 Å². The molecule has 0 aliphatic carbocycles. The second kappa shape index (κ2) is 5.99. The van der Waals surface area contributed by atoms with Crippen molar-refractivity contribution in [2.45, 2.75) is 17.7 Å². The highest BCUT2D eigenvalue weighted by atomic mass is 79.9. The smallest absolute Gasteiger partial charge is 0.224 e. The number of rotatable bonds is 2. The molecule has 1 heterocycles. The first kappa shape index (κ1) is 14.9. The minimum atomic E-state index is -0.0355. The van der Waals surface area contributed by atoms with Crippen molar-refractivity contribution in [3.63, 3.8) is 0 Å². The Morgan fingerprint density at radius 1 is 1.14 bits per heavy atom. The van der Waals surface area contributed by atoms with E-state index in [2.05, 4.69) is 27.3 Å². The van der Waals surface area contributed by atoms with Gasteiger partial charge in [0.25, 0.3) is 0 Å². The van der Waals surface area contributed by atoms with E-state index in [1.165, 1.54) is 0 Å². The number of hydrogen-bond acceptors (Lipinski definition) is 1. The Hall–Kier alpha value is -1.03. The van der Waals surface area contributed by atoms with Crippen molar-refractivity contribution < 1.29 is 4.79 Å². The molecule has 108 valence electrons. The van der Waals surface area contributed by atoms with Gasteiger partial charge in [0.15, 0.2) is 0 Å². The highest BCUT2D eigenvalue weighted by molar-refractivity contribution is 9.09. The molecular weight excluding hydrogens is 373 g/mol. The zero-order valence-electron chi connectivity index (χ0n) is 11.0. The van der Waals surface area contributed by atoms with Gasteiger partial charge in [-0.05, 0) is 35.2 Å². The van der Waals surface area contributed by atoms with Crippen LogP contribution in [0.1, 0.15) is 27.9 Å². The molecule has 0 saturated carbocycles. The van der Waals surface area contributed by atoms with Crippen LogP contribution >= 0.6 is 39.1 Å². The van der Waals surface area contributed by atoms with Crippen LogP contribution in [0.15, 0.2) is 36.4 Å². The van der Waals surface area contributed by atoms with Crippen LogP contribution < -0.4 is 5.32 Å². The van der Waals surface area contributed by atoms with E-state index < -0.39 is 0 Å². The summed E-state index contributed by atoms with van der Waals surface area (Å²) in [6.07, 6.45) is 1.29. The second-order valence-electron chi connectivity index (χ2n) is 4.97. The predicted molar refractivity (Wildman–Crippen MR) is 90.6 cm³/mol. The minimum absolute atomic E-state index is 0.0355. The summed E-state index contributed by atoms with van der Waals surface area (Å²) < 4.78 is 0. The van der Waals surface area contributed by atoms with E-state index in [9.17, 15) is 4.79 Å². The lowest BCUT2D eigenvalue weighted by atomic mass is 9.97. The van der Waals surface area contributed by atoms with Crippen LogP contribution in [-0.4, -0.2) is 5.91 Å². The van der Waals surface area contributed by atoms with Crippen LogP contribution in [0, 0.1) is 0 Å². The Morgan fingerprint density at radius 3 is 2.76 bits per heavy atom. The van der Waals surface area contributed by atoms with Crippen molar-refractivity contribution in [1.82, 2.24) is 0 Å². The highest BCUT2D eigenvalue weighted by Gasteiger charge is 2.19. The zero-order chi connectivity index (χ0) is 15.0. The standard InChI is InChI=1S/C16H12BrCl2NO/c17-15(11-2-1-3-12(18)16(11)19)10-4-6-13-9(8-10)5-7-14(21)20-13/h1-4,6,8,15H,5,7H2,(H,20,21). The molecule has 2 aromatic carbocycles. The van der Waals surface area contributed by atoms with Crippen molar-refractivity contribution in [2.24, 2.45) is 0 Å². The van der Waals surface area contributed by atoms with Crippen LogP contribution in [0.5, 0.6) is 0 Å². The van der Waals surface area contributed by atoms with Gasteiger partial charge in [-0.2, -0.15) is 0 Å². The molecule has 5 heteroatoms. The average molecular weight is 385 g/mol. The number of alkyl halides is 1. The van der Waals surface area contributed by atoms with Crippen LogP contribution in [-0.2, 0) is 11.2 Å². The average Bonchev–Trinajstić information content (AvgIpc) is 2.49. The normalized spacial score (nSPS) is 15.3. The van der Waals surface area contributed by atoms with Gasteiger partial charge in [-0.25, -0.2) is 0 Å². The number of amides is 1. The van der Waals surface area contributed by atoms with Gasteiger partial charge in [0, 0.05) is 12.1 Å². The van der Waals surface area contributed by atoms with Crippen molar-refractivity contribution in [1.29, 1.82) is 0 Å². The molecule has 0 spiro atoms. The van der Waals surface area contributed by atoms with Crippen molar-refractivity contribution in [3.05, 3.63) is 63.1 Å². The number of nitrogens with one attached hydrogen (secondary N) is 1. The number of anilines is 1. The Bertz CT molecular complexity index is 717. The quantitative estimate of drug-likeness (QED) is 0.693. The maximum atomic E-state index is 11.4. The van der Waals surface area contributed by atoms with E-state index in [0.717, 1.165) is 28.8 Å². The molecule has 0 fully saturated rings. The summed E-state index contributed by atoms with van der Waals surface area (Å²) in [4.78, 5) is 11.4. The number of fused-ring (bicyclic) bond motifs is 1. The molecule has 1 unspecified atom stereocenters. The lowest BCUT2D eigenvalue weighted by molar-refractivity contribution is -0.116. The highest BCUT2D eigenvalue weighted by Crippen LogP contribution is 2.39. The third kappa shape index (κ3) is 2.96. The molecule has 1 N–H and O–H groups in total. The van der Waals surface area contributed by atoms with Gasteiger partial charge in [0.2, 0.25) is 5.91 Å². The number of benzene rings is 2. The number of halogens is 3. The maximum Gasteiger partial charge on any atom is 0.224 e. The van der Waals surface area contributed by atoms with Gasteiger partial charge in [0.05, 0.1) is 14.9 Å². The van der Waals surface area contributed by atoms with Crippen LogP contribution in [0.2, 0.25) is 10.0 Å². The van der Waals surface area contributed by atoms with E-state index >= 15 is 0 Å². The first-order valence-electron chi connectivity index (χ1n) is 6.57. The third-order valence-corrected chi connectivity index (χ3v) is 5.43. The van der Waals surface area contributed by atoms with Gasteiger partial charge < -0.3 is 5.32 Å². The summed E-state index contributed by atoms with van der Waals surface area (Å²) in [5.74, 6) is 0.0727. The fraction of sp³-hybridized carbons (Fsp3) is 0.188. The molecular formula is C16H12BrCl2NO. The molecule has 0 saturated heterocycles. The molecule has 2 nitrogen and oxygen atoms in total. The monoisotopic (exact) mass is 383 g/mol. The minimum Gasteiger partial charge on any atom is -0.326 e. The molecule has 1 aliphatic heterocycles. The molecule has 0 bridgehead atoms. The van der Waals surface area contributed by atoms with Gasteiger partial charge in [-0.15, -0.1) is 0 Å². The van der Waals surface area contributed by atoms with Crippen LogP contribution in [0.4, 0.5) is 5.69 Å². The Kier molecular flexibility index (Phi) is 4.25. The Labute approximate surface area is 141 Å². The maximum absolute atomic E-state index is 11.4. The predicted octanol–water partition coefficient (Wildman–Crippen LogP) is 5.36. The molecule has 0 radical (unpaired) electrons. The lowest BCUT2D eigenvalue weighted by Gasteiger charge is -2.20. The van der Waals surface area contributed by atoms with E-state index in [4.69, 9.17) is 23.2 Å². The van der Waals surface area contributed by atoms with E-state index in [-0.39, 0.29) is 10.7 Å². The first-order chi connectivity index (χ1) is 10.1. The zero-order valence-corrected chi connectivity index (χ0v) is 14.1. The van der Waals surface area contributed by atoms with Gasteiger partial charge in [-0.3, -0.25) is 4.79 Å². The largest absolute Gasteiger partial charge is 0.326 e. The summed E-state index contributed by atoms with van der Waals surface area (Å²) in [6.45, 7) is 0.